The molecule has 0 spiro atoms. The summed E-state index contributed by atoms with van der Waals surface area (Å²) in [5.41, 5.74) is 5.80. The molecule has 0 unspecified atom stereocenters. The minimum absolute atomic E-state index is 0. The van der Waals surface area contributed by atoms with E-state index in [2.05, 4.69) is 64.1 Å². The third-order valence-electron chi connectivity index (χ3n) is 3.06. The molecule has 0 aliphatic rings. The predicted octanol–water partition coefficient (Wildman–Crippen LogP) is 4.55. The Hall–Kier alpha value is -0.781. The third kappa shape index (κ3) is 4.93. The fraction of sp³-hybridized carbons (Fsp3) is 0.375. The first kappa shape index (κ1) is 16.2. The summed E-state index contributed by atoms with van der Waals surface area (Å²) < 4.78 is 0. The summed E-state index contributed by atoms with van der Waals surface area (Å²) in [6.07, 6.45) is 2.33. The van der Waals surface area contributed by atoms with E-state index in [0.717, 1.165) is 0 Å². The van der Waals surface area contributed by atoms with E-state index >= 15 is 0 Å². The zero-order valence-corrected chi connectivity index (χ0v) is 12.3. The Morgan fingerprint density at radius 3 is 1.29 bits per heavy atom. The van der Waals surface area contributed by atoms with E-state index in [1.807, 2.05) is 0 Å². The fourth-order valence-corrected chi connectivity index (χ4v) is 1.89. The zero-order valence-electron chi connectivity index (χ0n) is 11.2. The monoisotopic (exact) mass is 270 g/mol. The average molecular weight is 270 g/mol. The van der Waals surface area contributed by atoms with Gasteiger partial charge in [-0.2, -0.15) is 34.4 Å². The van der Waals surface area contributed by atoms with Gasteiger partial charge in [-0.15, -0.1) is 0 Å². The quantitative estimate of drug-likeness (QED) is 0.554. The molecule has 0 radical (unpaired) electrons. The van der Waals surface area contributed by atoms with Gasteiger partial charge in [0.05, 0.1) is 0 Å². The van der Waals surface area contributed by atoms with Gasteiger partial charge >= 0.3 is 17.1 Å². The normalized spacial score (nSPS) is 9.18. The van der Waals surface area contributed by atoms with E-state index in [1.54, 1.807) is 0 Å². The Bertz CT molecular complexity index is 366. The van der Waals surface area contributed by atoms with E-state index in [4.69, 9.17) is 0 Å². The Morgan fingerprint density at radius 2 is 1.18 bits per heavy atom. The summed E-state index contributed by atoms with van der Waals surface area (Å²) in [4.78, 5) is 0. The molecule has 0 aliphatic heterocycles. The van der Waals surface area contributed by atoms with Crippen molar-refractivity contribution in [3.05, 3.63) is 58.7 Å². The van der Waals surface area contributed by atoms with E-state index < -0.39 is 0 Å². The summed E-state index contributed by atoms with van der Waals surface area (Å²) in [6, 6.07) is 12.9. The van der Waals surface area contributed by atoms with Crippen molar-refractivity contribution in [2.75, 3.05) is 0 Å². The molecule has 0 fully saturated rings. The molecule has 0 amide bonds. The third-order valence-corrected chi connectivity index (χ3v) is 3.06. The van der Waals surface area contributed by atoms with Crippen LogP contribution in [-0.2, 0) is 29.9 Å². The van der Waals surface area contributed by atoms with Gasteiger partial charge in [-0.25, -0.2) is 24.3 Å². The molecule has 94 valence electrons. The molecule has 0 aliphatic carbocycles. The molecule has 0 bridgehead atoms. The molecule has 0 atom stereocenters. The predicted molar refractivity (Wildman–Crippen MR) is 72.3 cm³/mol. The van der Waals surface area contributed by atoms with Crippen LogP contribution in [-0.4, -0.2) is 0 Å². The van der Waals surface area contributed by atoms with Crippen LogP contribution in [0.3, 0.4) is 0 Å². The fourth-order valence-electron chi connectivity index (χ4n) is 1.89. The number of rotatable bonds is 2. The second kappa shape index (κ2) is 8.33. The minimum Gasteiger partial charge on any atom is -0.213 e. The van der Waals surface area contributed by atoms with Gasteiger partial charge in [0.1, 0.15) is 0 Å². The first-order chi connectivity index (χ1) is 7.69. The van der Waals surface area contributed by atoms with Crippen molar-refractivity contribution in [3.63, 3.8) is 0 Å². The van der Waals surface area contributed by atoms with Crippen molar-refractivity contribution in [2.45, 2.75) is 40.5 Å². The van der Waals surface area contributed by atoms with Crippen molar-refractivity contribution < 1.29 is 17.1 Å². The van der Waals surface area contributed by atoms with Gasteiger partial charge < -0.3 is 0 Å². The molecule has 17 heavy (non-hydrogen) atoms. The summed E-state index contributed by atoms with van der Waals surface area (Å²) in [5.74, 6) is 0. The molecule has 2 aromatic carbocycles. The summed E-state index contributed by atoms with van der Waals surface area (Å²) >= 11 is 0. The SMILES string of the molecule is CCc1ccc[c-]1C.CCc1ccc[c-]1C.[Fe+2]. The van der Waals surface area contributed by atoms with Gasteiger partial charge in [0.2, 0.25) is 0 Å². The summed E-state index contributed by atoms with van der Waals surface area (Å²) in [5, 5.41) is 0. The maximum atomic E-state index is 2.18. The van der Waals surface area contributed by atoms with Gasteiger partial charge in [-0.3, -0.25) is 0 Å². The average Bonchev–Trinajstić information content (AvgIpc) is 2.87. The maximum Gasteiger partial charge on any atom is 2.00 e. The van der Waals surface area contributed by atoms with Crippen molar-refractivity contribution in [1.82, 2.24) is 0 Å². The largest absolute Gasteiger partial charge is 2.00 e. The van der Waals surface area contributed by atoms with Crippen LogP contribution in [0.4, 0.5) is 0 Å². The molecule has 2 aromatic rings. The van der Waals surface area contributed by atoms with Crippen molar-refractivity contribution in [3.8, 4) is 0 Å². The maximum absolute atomic E-state index is 2.18. The molecule has 0 saturated carbocycles. The molecule has 0 heterocycles. The summed E-state index contributed by atoms with van der Waals surface area (Å²) in [6.45, 7) is 8.67. The topological polar surface area (TPSA) is 0 Å². The number of hydrogen-bond acceptors (Lipinski definition) is 0. The molecule has 0 saturated heterocycles. The van der Waals surface area contributed by atoms with Crippen LogP contribution in [0.1, 0.15) is 36.1 Å². The molecule has 0 aromatic heterocycles. The number of aryl methyl sites for hydroxylation is 4. The molecule has 2 rings (SSSR count). The van der Waals surface area contributed by atoms with Gasteiger partial charge in [0, 0.05) is 0 Å². The van der Waals surface area contributed by atoms with Crippen LogP contribution in [0.15, 0.2) is 36.4 Å². The van der Waals surface area contributed by atoms with E-state index in [-0.39, 0.29) is 17.1 Å². The van der Waals surface area contributed by atoms with Crippen LogP contribution >= 0.6 is 0 Å². The smallest absolute Gasteiger partial charge is 0.213 e. The first-order valence-electron chi connectivity index (χ1n) is 6.11. The molecular formula is C16H22Fe. The van der Waals surface area contributed by atoms with Gasteiger partial charge in [0.15, 0.2) is 0 Å². The van der Waals surface area contributed by atoms with Crippen LogP contribution < -0.4 is 0 Å². The van der Waals surface area contributed by atoms with E-state index in [9.17, 15) is 0 Å². The molecule has 1 heteroatoms. The van der Waals surface area contributed by atoms with Gasteiger partial charge in [-0.1, -0.05) is 40.5 Å². The van der Waals surface area contributed by atoms with Crippen molar-refractivity contribution in [2.24, 2.45) is 0 Å². The van der Waals surface area contributed by atoms with E-state index in [0.29, 0.717) is 0 Å². The molecular weight excluding hydrogens is 248 g/mol. The van der Waals surface area contributed by atoms with Crippen molar-refractivity contribution in [1.29, 1.82) is 0 Å². The Morgan fingerprint density at radius 1 is 0.824 bits per heavy atom. The second-order valence-corrected chi connectivity index (χ2v) is 4.18. The Kier molecular flexibility index (Phi) is 7.95. The summed E-state index contributed by atoms with van der Waals surface area (Å²) in [7, 11) is 0. The Labute approximate surface area is 116 Å². The number of hydrogen-bond donors (Lipinski definition) is 0. The van der Waals surface area contributed by atoms with Crippen LogP contribution in [0.5, 0.6) is 0 Å². The first-order valence-corrected chi connectivity index (χ1v) is 6.11. The Balaban J connectivity index is 0.000000284. The van der Waals surface area contributed by atoms with Crippen LogP contribution in [0.25, 0.3) is 0 Å². The molecule has 0 nitrogen and oxygen atoms in total. The van der Waals surface area contributed by atoms with Crippen LogP contribution in [0.2, 0.25) is 0 Å². The molecule has 0 N–H and O–H groups in total. The van der Waals surface area contributed by atoms with Gasteiger partial charge in [0.25, 0.3) is 0 Å². The van der Waals surface area contributed by atoms with Gasteiger partial charge in [-0.05, 0) is 0 Å². The minimum atomic E-state index is 0. The standard InChI is InChI=1S/2C8H11.Fe/c2*1-3-8-6-4-5-7(8)2;/h2*4-6H,3H2,1-2H3;/q2*-1;+2. The second-order valence-electron chi connectivity index (χ2n) is 4.18. The van der Waals surface area contributed by atoms with Crippen LogP contribution in [0, 0.1) is 13.8 Å². The van der Waals surface area contributed by atoms with E-state index in [1.165, 1.54) is 35.1 Å². The van der Waals surface area contributed by atoms with Crippen molar-refractivity contribution >= 4 is 0 Å². The zero-order chi connectivity index (χ0) is 12.0.